The highest BCUT2D eigenvalue weighted by Gasteiger charge is 2.21. The van der Waals surface area contributed by atoms with E-state index in [1.54, 1.807) is 13.8 Å². The lowest BCUT2D eigenvalue weighted by atomic mass is 10.2. The Morgan fingerprint density at radius 2 is 2.05 bits per heavy atom. The molecule has 106 valence electrons. The largest absolute Gasteiger partial charge is 0.494 e. The second-order valence-corrected chi connectivity index (χ2v) is 4.30. The third-order valence-electron chi connectivity index (χ3n) is 2.39. The maximum absolute atomic E-state index is 13.2. The van der Waals surface area contributed by atoms with Crippen molar-refractivity contribution in [3.05, 3.63) is 24.0 Å². The lowest BCUT2D eigenvalue weighted by Crippen LogP contribution is -2.30. The summed E-state index contributed by atoms with van der Waals surface area (Å²) in [5.41, 5.74) is 0. The van der Waals surface area contributed by atoms with Gasteiger partial charge in [0.2, 0.25) is 0 Å². The quantitative estimate of drug-likeness (QED) is 0.745. The standard InChI is InChI=1S/C14H19FO4/c1-5-12(14(16)18-9(2)3)19-10-6-7-11(15)13(8-10)17-4/h6-9,12H,5H2,1-4H3. The number of carbonyl (C=O) groups is 1. The number of ether oxygens (including phenoxy) is 3. The van der Waals surface area contributed by atoms with E-state index in [0.29, 0.717) is 12.2 Å². The molecule has 0 N–H and O–H groups in total. The molecule has 0 aliphatic rings. The number of hydrogen-bond acceptors (Lipinski definition) is 4. The van der Waals surface area contributed by atoms with Crippen molar-refractivity contribution in [2.45, 2.75) is 39.4 Å². The number of hydrogen-bond donors (Lipinski definition) is 0. The lowest BCUT2D eigenvalue weighted by molar-refractivity contribution is -0.155. The van der Waals surface area contributed by atoms with Crippen LogP contribution in [0.5, 0.6) is 11.5 Å². The summed E-state index contributed by atoms with van der Waals surface area (Å²) < 4.78 is 28.7. The van der Waals surface area contributed by atoms with Crippen LogP contribution in [0.1, 0.15) is 27.2 Å². The zero-order chi connectivity index (χ0) is 14.4. The number of methoxy groups -OCH3 is 1. The van der Waals surface area contributed by atoms with Crippen LogP contribution in [0.4, 0.5) is 4.39 Å². The second-order valence-electron chi connectivity index (χ2n) is 4.30. The first-order valence-electron chi connectivity index (χ1n) is 6.18. The summed E-state index contributed by atoms with van der Waals surface area (Å²) in [5.74, 6) is -0.469. The van der Waals surface area contributed by atoms with Crippen molar-refractivity contribution in [3.8, 4) is 11.5 Å². The number of carbonyl (C=O) groups excluding carboxylic acids is 1. The molecule has 0 heterocycles. The molecule has 1 aromatic carbocycles. The Morgan fingerprint density at radius 3 is 2.58 bits per heavy atom. The van der Waals surface area contributed by atoms with Gasteiger partial charge < -0.3 is 14.2 Å². The molecular formula is C14H19FO4. The fourth-order valence-corrected chi connectivity index (χ4v) is 1.48. The van der Waals surface area contributed by atoms with Gasteiger partial charge >= 0.3 is 5.97 Å². The zero-order valence-electron chi connectivity index (χ0n) is 11.6. The van der Waals surface area contributed by atoms with Gasteiger partial charge in [0.15, 0.2) is 17.7 Å². The van der Waals surface area contributed by atoms with E-state index in [0.717, 1.165) is 0 Å². The summed E-state index contributed by atoms with van der Waals surface area (Å²) in [7, 11) is 1.37. The van der Waals surface area contributed by atoms with Crippen LogP contribution in [0.25, 0.3) is 0 Å². The summed E-state index contributed by atoms with van der Waals surface area (Å²) in [6, 6.07) is 4.08. The minimum atomic E-state index is -0.711. The van der Waals surface area contributed by atoms with E-state index >= 15 is 0 Å². The van der Waals surface area contributed by atoms with Gasteiger partial charge in [0.25, 0.3) is 0 Å². The van der Waals surface area contributed by atoms with Crippen LogP contribution in [-0.4, -0.2) is 25.3 Å². The maximum Gasteiger partial charge on any atom is 0.347 e. The van der Waals surface area contributed by atoms with Crippen molar-refractivity contribution < 1.29 is 23.4 Å². The van der Waals surface area contributed by atoms with Gasteiger partial charge in [0.05, 0.1) is 13.2 Å². The molecule has 0 aliphatic heterocycles. The third kappa shape index (κ3) is 4.43. The fraction of sp³-hybridized carbons (Fsp3) is 0.500. The van der Waals surface area contributed by atoms with Crippen LogP contribution in [-0.2, 0) is 9.53 Å². The summed E-state index contributed by atoms with van der Waals surface area (Å²) in [5, 5.41) is 0. The number of rotatable bonds is 6. The minimum absolute atomic E-state index is 0.0737. The molecular weight excluding hydrogens is 251 g/mol. The molecule has 0 saturated heterocycles. The summed E-state index contributed by atoms with van der Waals surface area (Å²) in [6.45, 7) is 5.35. The first kappa shape index (κ1) is 15.3. The van der Waals surface area contributed by atoms with Crippen molar-refractivity contribution in [1.29, 1.82) is 0 Å². The first-order chi connectivity index (χ1) is 8.97. The second kappa shape index (κ2) is 6.97. The molecule has 1 aromatic rings. The van der Waals surface area contributed by atoms with E-state index in [1.165, 1.54) is 25.3 Å². The number of halogens is 1. The van der Waals surface area contributed by atoms with Crippen molar-refractivity contribution in [2.24, 2.45) is 0 Å². The van der Waals surface area contributed by atoms with E-state index in [4.69, 9.17) is 14.2 Å². The van der Waals surface area contributed by atoms with Crippen LogP contribution < -0.4 is 9.47 Å². The van der Waals surface area contributed by atoms with E-state index in [-0.39, 0.29) is 11.9 Å². The monoisotopic (exact) mass is 270 g/mol. The van der Waals surface area contributed by atoms with Gasteiger partial charge in [-0.25, -0.2) is 9.18 Å². The van der Waals surface area contributed by atoms with E-state index in [9.17, 15) is 9.18 Å². The Hall–Kier alpha value is -1.78. The average molecular weight is 270 g/mol. The van der Waals surface area contributed by atoms with Gasteiger partial charge in [-0.15, -0.1) is 0 Å². The van der Waals surface area contributed by atoms with Crippen LogP contribution in [0.2, 0.25) is 0 Å². The average Bonchev–Trinajstić information content (AvgIpc) is 2.36. The molecule has 1 rings (SSSR count). The molecule has 1 atom stereocenters. The Balaban J connectivity index is 2.78. The van der Waals surface area contributed by atoms with Crippen molar-refractivity contribution >= 4 is 5.97 Å². The predicted molar refractivity (Wildman–Crippen MR) is 68.9 cm³/mol. The smallest absolute Gasteiger partial charge is 0.347 e. The van der Waals surface area contributed by atoms with Crippen LogP contribution >= 0.6 is 0 Å². The highest BCUT2D eigenvalue weighted by molar-refractivity contribution is 5.75. The molecule has 0 amide bonds. The van der Waals surface area contributed by atoms with Crippen molar-refractivity contribution in [1.82, 2.24) is 0 Å². The molecule has 19 heavy (non-hydrogen) atoms. The maximum atomic E-state index is 13.2. The first-order valence-corrected chi connectivity index (χ1v) is 6.18. The minimum Gasteiger partial charge on any atom is -0.494 e. The molecule has 0 aliphatic carbocycles. The molecule has 4 nitrogen and oxygen atoms in total. The van der Waals surface area contributed by atoms with E-state index < -0.39 is 17.9 Å². The number of benzene rings is 1. The van der Waals surface area contributed by atoms with Crippen LogP contribution in [0.15, 0.2) is 18.2 Å². The molecule has 0 fully saturated rings. The highest BCUT2D eigenvalue weighted by Crippen LogP contribution is 2.24. The molecule has 0 saturated carbocycles. The van der Waals surface area contributed by atoms with Crippen molar-refractivity contribution in [3.63, 3.8) is 0 Å². The lowest BCUT2D eigenvalue weighted by Gasteiger charge is -2.18. The molecule has 0 spiro atoms. The third-order valence-corrected chi connectivity index (χ3v) is 2.39. The molecule has 0 aromatic heterocycles. The highest BCUT2D eigenvalue weighted by atomic mass is 19.1. The van der Waals surface area contributed by atoms with Gasteiger partial charge in [-0.3, -0.25) is 0 Å². The number of esters is 1. The Morgan fingerprint density at radius 1 is 1.37 bits per heavy atom. The van der Waals surface area contributed by atoms with Gasteiger partial charge in [-0.05, 0) is 32.4 Å². The van der Waals surface area contributed by atoms with Gasteiger partial charge in [0, 0.05) is 6.07 Å². The summed E-state index contributed by atoms with van der Waals surface area (Å²) in [6.07, 6.45) is -0.448. The van der Waals surface area contributed by atoms with Gasteiger partial charge in [-0.1, -0.05) is 6.92 Å². The van der Waals surface area contributed by atoms with Gasteiger partial charge in [0.1, 0.15) is 5.75 Å². The molecule has 0 radical (unpaired) electrons. The molecule has 1 unspecified atom stereocenters. The summed E-state index contributed by atoms with van der Waals surface area (Å²) >= 11 is 0. The summed E-state index contributed by atoms with van der Waals surface area (Å²) in [4.78, 5) is 11.8. The van der Waals surface area contributed by atoms with Gasteiger partial charge in [-0.2, -0.15) is 0 Å². The zero-order valence-corrected chi connectivity index (χ0v) is 11.6. The van der Waals surface area contributed by atoms with E-state index in [1.807, 2.05) is 6.92 Å². The Kier molecular flexibility index (Phi) is 5.60. The molecule has 5 heteroatoms. The van der Waals surface area contributed by atoms with Crippen LogP contribution in [0, 0.1) is 5.82 Å². The van der Waals surface area contributed by atoms with Crippen LogP contribution in [0.3, 0.4) is 0 Å². The van der Waals surface area contributed by atoms with E-state index in [2.05, 4.69) is 0 Å². The topological polar surface area (TPSA) is 44.8 Å². The Labute approximate surface area is 112 Å². The SMILES string of the molecule is CCC(Oc1ccc(F)c(OC)c1)C(=O)OC(C)C. The molecule has 0 bridgehead atoms. The van der Waals surface area contributed by atoms with Crippen molar-refractivity contribution in [2.75, 3.05) is 7.11 Å². The predicted octanol–water partition coefficient (Wildman–Crippen LogP) is 2.94. The Bertz CT molecular complexity index is 431. The fourth-order valence-electron chi connectivity index (χ4n) is 1.48. The normalized spacial score (nSPS) is 12.1.